The first kappa shape index (κ1) is 19.3. The maximum absolute atomic E-state index is 14.6. The molecule has 9 heteroatoms. The van der Waals surface area contributed by atoms with E-state index in [4.69, 9.17) is 4.74 Å². The summed E-state index contributed by atoms with van der Waals surface area (Å²) in [5.74, 6) is -3.43. The molecule has 0 bridgehead atoms. The maximum atomic E-state index is 14.6. The van der Waals surface area contributed by atoms with Gasteiger partial charge in [-0.25, -0.2) is 23.7 Å². The molecular formula is C22H19F2N5O2. The Balaban J connectivity index is 1.41. The average Bonchev–Trinajstić information content (AvgIpc) is 3.26. The number of carbonyl (C=O) groups excluding carboxylic acids is 1. The number of nitrogens with zero attached hydrogens (tertiary/aromatic N) is 4. The van der Waals surface area contributed by atoms with Gasteiger partial charge in [0.15, 0.2) is 11.8 Å². The van der Waals surface area contributed by atoms with Crippen molar-refractivity contribution in [2.24, 2.45) is 0 Å². The SMILES string of the molecule is Cc1cnc(C(=O)N2CCC(F)(F)[C@@H](Oc3ccc4ccccc4n3)C2)c2[nH]cnc12. The summed E-state index contributed by atoms with van der Waals surface area (Å²) in [6.07, 6.45) is 1.02. The largest absolute Gasteiger partial charge is 0.466 e. The highest BCUT2D eigenvalue weighted by Crippen LogP contribution is 2.32. The van der Waals surface area contributed by atoms with Crippen molar-refractivity contribution in [1.82, 2.24) is 24.8 Å². The van der Waals surface area contributed by atoms with Crippen LogP contribution in [0.3, 0.4) is 0 Å². The zero-order valence-electron chi connectivity index (χ0n) is 16.7. The fourth-order valence-corrected chi connectivity index (χ4v) is 3.81. The van der Waals surface area contributed by atoms with Crippen LogP contribution in [0, 0.1) is 6.92 Å². The number of ether oxygens (including phenoxy) is 1. The molecular weight excluding hydrogens is 404 g/mol. The molecule has 4 aromatic rings. The van der Waals surface area contributed by atoms with Crippen molar-refractivity contribution in [3.63, 3.8) is 0 Å². The minimum absolute atomic E-state index is 0.0952. The number of para-hydroxylation sites is 1. The van der Waals surface area contributed by atoms with Crippen molar-refractivity contribution in [2.45, 2.75) is 25.4 Å². The monoisotopic (exact) mass is 423 g/mol. The van der Waals surface area contributed by atoms with Crippen LogP contribution in [0.15, 0.2) is 48.9 Å². The van der Waals surface area contributed by atoms with Crippen molar-refractivity contribution < 1.29 is 18.3 Å². The molecule has 0 spiro atoms. The summed E-state index contributed by atoms with van der Waals surface area (Å²) in [5.41, 5.74) is 2.76. The zero-order chi connectivity index (χ0) is 21.6. The Bertz CT molecular complexity index is 1290. The quantitative estimate of drug-likeness (QED) is 0.543. The molecule has 158 valence electrons. The highest BCUT2D eigenvalue weighted by Gasteiger charge is 2.47. The Labute approximate surface area is 176 Å². The Morgan fingerprint density at radius 1 is 1.23 bits per heavy atom. The first-order valence-electron chi connectivity index (χ1n) is 9.90. The molecule has 1 amide bonds. The topological polar surface area (TPSA) is 84.0 Å². The minimum atomic E-state index is -3.09. The number of aryl methyl sites for hydroxylation is 1. The van der Waals surface area contributed by atoms with Gasteiger partial charge in [0.2, 0.25) is 5.88 Å². The van der Waals surface area contributed by atoms with Crippen molar-refractivity contribution in [3.05, 3.63) is 60.2 Å². The van der Waals surface area contributed by atoms with E-state index in [9.17, 15) is 13.6 Å². The number of nitrogens with one attached hydrogen (secondary N) is 1. The van der Waals surface area contributed by atoms with Crippen molar-refractivity contribution in [2.75, 3.05) is 13.1 Å². The molecule has 4 heterocycles. The number of amides is 1. The average molecular weight is 423 g/mol. The van der Waals surface area contributed by atoms with Gasteiger partial charge in [0, 0.05) is 30.6 Å². The molecule has 31 heavy (non-hydrogen) atoms. The van der Waals surface area contributed by atoms with Crippen LogP contribution in [0.5, 0.6) is 5.88 Å². The molecule has 7 nitrogen and oxygen atoms in total. The van der Waals surface area contributed by atoms with Gasteiger partial charge < -0.3 is 14.6 Å². The number of likely N-dealkylation sites (tertiary alicyclic amines) is 1. The molecule has 0 unspecified atom stereocenters. The lowest BCUT2D eigenvalue weighted by Crippen LogP contribution is -2.55. The van der Waals surface area contributed by atoms with Gasteiger partial charge in [0.25, 0.3) is 11.8 Å². The molecule has 5 rings (SSSR count). The minimum Gasteiger partial charge on any atom is -0.466 e. The van der Waals surface area contributed by atoms with Crippen LogP contribution >= 0.6 is 0 Å². The van der Waals surface area contributed by atoms with Crippen LogP contribution in [0.4, 0.5) is 8.78 Å². The van der Waals surface area contributed by atoms with Gasteiger partial charge in [0.05, 0.1) is 29.4 Å². The molecule has 1 saturated heterocycles. The lowest BCUT2D eigenvalue weighted by atomic mass is 10.0. The van der Waals surface area contributed by atoms with Gasteiger partial charge in [-0.1, -0.05) is 18.2 Å². The molecule has 1 fully saturated rings. The predicted octanol–water partition coefficient (Wildman–Crippen LogP) is 3.74. The Kier molecular flexibility index (Phi) is 4.53. The van der Waals surface area contributed by atoms with Gasteiger partial charge in [-0.05, 0) is 24.6 Å². The van der Waals surface area contributed by atoms with E-state index in [-0.39, 0.29) is 24.7 Å². The standard InChI is InChI=1S/C22H19F2N5O2/c1-13-10-25-20(19-18(13)26-12-27-19)21(30)29-9-8-22(23,24)16(11-29)31-17-7-6-14-4-2-3-5-15(14)28-17/h2-7,10,12,16H,8-9,11H2,1H3,(H,26,27)/t16-/m0/s1. The fraction of sp³-hybridized carbons (Fsp3) is 0.273. The number of piperidine rings is 1. The van der Waals surface area contributed by atoms with Crippen LogP contribution < -0.4 is 4.74 Å². The van der Waals surface area contributed by atoms with Gasteiger partial charge in [0.1, 0.15) is 0 Å². The number of hydrogen-bond acceptors (Lipinski definition) is 5. The summed E-state index contributed by atoms with van der Waals surface area (Å²) >= 11 is 0. The summed E-state index contributed by atoms with van der Waals surface area (Å²) in [4.78, 5) is 30.1. The Morgan fingerprint density at radius 3 is 2.94 bits per heavy atom. The van der Waals surface area contributed by atoms with Crippen LogP contribution in [0.1, 0.15) is 22.5 Å². The number of H-pyrrole nitrogens is 1. The number of alkyl halides is 2. The molecule has 0 aliphatic carbocycles. The van der Waals surface area contributed by atoms with E-state index in [1.807, 2.05) is 25.1 Å². The second-order valence-electron chi connectivity index (χ2n) is 7.63. The number of fused-ring (bicyclic) bond motifs is 2. The van der Waals surface area contributed by atoms with E-state index >= 15 is 0 Å². The van der Waals surface area contributed by atoms with Gasteiger partial charge in [-0.15, -0.1) is 0 Å². The van der Waals surface area contributed by atoms with E-state index in [2.05, 4.69) is 19.9 Å². The number of pyridine rings is 2. The second kappa shape index (κ2) is 7.26. The molecule has 1 aliphatic heterocycles. The third-order valence-electron chi connectivity index (χ3n) is 5.53. The number of halogens is 2. The van der Waals surface area contributed by atoms with Crippen molar-refractivity contribution in [1.29, 1.82) is 0 Å². The number of carbonyl (C=O) groups is 1. The van der Waals surface area contributed by atoms with Crippen LogP contribution in [0.25, 0.3) is 21.9 Å². The molecule has 1 aromatic carbocycles. The summed E-state index contributed by atoms with van der Waals surface area (Å²) in [6.45, 7) is 1.47. The zero-order valence-corrected chi connectivity index (χ0v) is 16.7. The summed E-state index contributed by atoms with van der Waals surface area (Å²) < 4.78 is 34.9. The van der Waals surface area contributed by atoms with Gasteiger partial charge >= 0.3 is 0 Å². The van der Waals surface area contributed by atoms with Crippen LogP contribution in [-0.4, -0.2) is 55.9 Å². The predicted molar refractivity (Wildman–Crippen MR) is 110 cm³/mol. The smallest absolute Gasteiger partial charge is 0.287 e. The maximum Gasteiger partial charge on any atom is 0.287 e. The highest BCUT2D eigenvalue weighted by atomic mass is 19.3. The molecule has 0 radical (unpaired) electrons. The highest BCUT2D eigenvalue weighted by molar-refractivity contribution is 6.03. The van der Waals surface area contributed by atoms with Crippen molar-refractivity contribution >= 4 is 27.8 Å². The van der Waals surface area contributed by atoms with E-state index in [1.165, 1.54) is 11.2 Å². The first-order chi connectivity index (χ1) is 14.9. The van der Waals surface area contributed by atoms with Gasteiger partial charge in [-0.3, -0.25) is 4.79 Å². The number of rotatable bonds is 3. The summed E-state index contributed by atoms with van der Waals surface area (Å²) in [6, 6.07) is 10.7. The lowest BCUT2D eigenvalue weighted by Gasteiger charge is -2.37. The Hall–Kier alpha value is -3.62. The summed E-state index contributed by atoms with van der Waals surface area (Å²) in [5, 5.41) is 0.885. The number of benzene rings is 1. The lowest BCUT2D eigenvalue weighted by molar-refractivity contribution is -0.131. The normalized spacial score (nSPS) is 18.4. The van der Waals surface area contributed by atoms with E-state index in [0.717, 1.165) is 10.9 Å². The first-order valence-corrected chi connectivity index (χ1v) is 9.90. The van der Waals surface area contributed by atoms with Crippen molar-refractivity contribution in [3.8, 4) is 5.88 Å². The number of aromatic nitrogens is 4. The number of aromatic amines is 1. The van der Waals surface area contributed by atoms with Gasteiger partial charge in [-0.2, -0.15) is 0 Å². The third-order valence-corrected chi connectivity index (χ3v) is 5.53. The van der Waals surface area contributed by atoms with E-state index in [0.29, 0.717) is 16.6 Å². The number of hydrogen-bond donors (Lipinski definition) is 1. The second-order valence-corrected chi connectivity index (χ2v) is 7.63. The van der Waals surface area contributed by atoms with Crippen LogP contribution in [0.2, 0.25) is 0 Å². The Morgan fingerprint density at radius 2 is 2.06 bits per heavy atom. The third kappa shape index (κ3) is 3.45. The van der Waals surface area contributed by atoms with E-state index in [1.54, 1.807) is 24.4 Å². The molecule has 3 aromatic heterocycles. The number of imidazole rings is 1. The molecule has 1 aliphatic rings. The van der Waals surface area contributed by atoms with Crippen LogP contribution in [-0.2, 0) is 0 Å². The molecule has 1 atom stereocenters. The summed E-state index contributed by atoms with van der Waals surface area (Å²) in [7, 11) is 0. The van der Waals surface area contributed by atoms with E-state index < -0.39 is 24.4 Å². The molecule has 0 saturated carbocycles. The fourth-order valence-electron chi connectivity index (χ4n) is 3.81. The molecule has 1 N–H and O–H groups in total.